The van der Waals surface area contributed by atoms with Crippen molar-refractivity contribution in [3.63, 3.8) is 0 Å². The van der Waals surface area contributed by atoms with Crippen molar-refractivity contribution in [1.29, 1.82) is 5.26 Å². The molecular formula is C19H20ClN5O3S. The van der Waals surface area contributed by atoms with E-state index in [1.807, 2.05) is 13.0 Å². The lowest BCUT2D eigenvalue weighted by Gasteiger charge is -2.33. The molecule has 1 aliphatic rings. The third-order valence-electron chi connectivity index (χ3n) is 4.76. The number of benzene rings is 1. The Morgan fingerprint density at radius 3 is 2.34 bits per heavy atom. The fourth-order valence-electron chi connectivity index (χ4n) is 3.10. The number of nitriles is 1. The van der Waals surface area contributed by atoms with Crippen LogP contribution < -0.4 is 0 Å². The Labute approximate surface area is 174 Å². The predicted molar refractivity (Wildman–Crippen MR) is 108 cm³/mol. The van der Waals surface area contributed by atoms with E-state index in [-0.39, 0.29) is 23.9 Å². The number of carbonyl (C=O) groups is 1. The van der Waals surface area contributed by atoms with Crippen LogP contribution >= 0.6 is 11.6 Å². The maximum Gasteiger partial charge on any atom is 0.246 e. The highest BCUT2D eigenvalue weighted by Crippen LogP contribution is 2.21. The van der Waals surface area contributed by atoms with Gasteiger partial charge in [0.2, 0.25) is 15.9 Å². The highest BCUT2D eigenvalue weighted by atomic mass is 35.5. The molecule has 1 aromatic heterocycles. The van der Waals surface area contributed by atoms with Gasteiger partial charge >= 0.3 is 0 Å². The summed E-state index contributed by atoms with van der Waals surface area (Å²) in [5.41, 5.74) is 1.81. The minimum absolute atomic E-state index is 0.137. The van der Waals surface area contributed by atoms with Crippen molar-refractivity contribution in [2.45, 2.75) is 11.8 Å². The molecule has 2 heterocycles. The first-order valence-corrected chi connectivity index (χ1v) is 10.7. The lowest BCUT2D eigenvalue weighted by molar-refractivity contribution is -0.127. The smallest absolute Gasteiger partial charge is 0.246 e. The third-order valence-corrected chi connectivity index (χ3v) is 7.12. The zero-order chi connectivity index (χ0) is 21.2. The molecule has 10 heteroatoms. The van der Waals surface area contributed by atoms with Gasteiger partial charge < -0.3 is 4.90 Å². The maximum atomic E-state index is 12.8. The summed E-state index contributed by atoms with van der Waals surface area (Å²) < 4.78 is 28.4. The molecule has 1 aliphatic heterocycles. The molecule has 0 unspecified atom stereocenters. The van der Waals surface area contributed by atoms with Gasteiger partial charge in [0, 0.05) is 44.9 Å². The molecule has 0 N–H and O–H groups in total. The SMILES string of the molecule is Cc1nn(C)c(Cl)c1/C=C/C(=O)N1CCN(S(=O)(=O)c2ccc(C#N)cc2)CC1. The molecule has 1 saturated heterocycles. The summed E-state index contributed by atoms with van der Waals surface area (Å²) in [5, 5.41) is 13.5. The van der Waals surface area contributed by atoms with E-state index in [0.29, 0.717) is 29.4 Å². The van der Waals surface area contributed by atoms with Gasteiger partial charge in [-0.05, 0) is 37.3 Å². The fraction of sp³-hybridized carbons (Fsp3) is 0.316. The number of sulfonamides is 1. The predicted octanol–water partition coefficient (Wildman–Crippen LogP) is 1.80. The minimum atomic E-state index is -3.66. The van der Waals surface area contributed by atoms with Crippen molar-refractivity contribution in [3.05, 3.63) is 52.3 Å². The fourth-order valence-corrected chi connectivity index (χ4v) is 4.75. The molecule has 29 heavy (non-hydrogen) atoms. The number of piperazine rings is 1. The number of aromatic nitrogens is 2. The largest absolute Gasteiger partial charge is 0.337 e. The first-order chi connectivity index (χ1) is 13.7. The van der Waals surface area contributed by atoms with E-state index in [1.165, 1.54) is 39.3 Å². The average Bonchev–Trinajstić information content (AvgIpc) is 2.97. The molecule has 1 amide bonds. The molecule has 1 aromatic carbocycles. The van der Waals surface area contributed by atoms with Gasteiger partial charge in [0.1, 0.15) is 5.15 Å². The van der Waals surface area contributed by atoms with E-state index < -0.39 is 10.0 Å². The van der Waals surface area contributed by atoms with Gasteiger partial charge in [-0.3, -0.25) is 9.48 Å². The van der Waals surface area contributed by atoms with Crippen molar-refractivity contribution >= 4 is 33.6 Å². The summed E-state index contributed by atoms with van der Waals surface area (Å²) in [6.07, 6.45) is 3.06. The molecule has 0 bridgehead atoms. The van der Waals surface area contributed by atoms with Gasteiger partial charge in [-0.25, -0.2) is 8.42 Å². The summed E-state index contributed by atoms with van der Waals surface area (Å²) in [5.74, 6) is -0.209. The van der Waals surface area contributed by atoms with Crippen LogP contribution in [0.3, 0.4) is 0 Å². The second kappa shape index (κ2) is 8.37. The number of halogens is 1. The molecule has 0 spiro atoms. The molecular weight excluding hydrogens is 414 g/mol. The zero-order valence-corrected chi connectivity index (χ0v) is 17.6. The highest BCUT2D eigenvalue weighted by molar-refractivity contribution is 7.89. The van der Waals surface area contributed by atoms with Crippen molar-refractivity contribution in [3.8, 4) is 6.07 Å². The summed E-state index contributed by atoms with van der Waals surface area (Å²) in [4.78, 5) is 14.2. The highest BCUT2D eigenvalue weighted by Gasteiger charge is 2.29. The van der Waals surface area contributed by atoms with Crippen LogP contribution in [0.1, 0.15) is 16.8 Å². The lowest BCUT2D eigenvalue weighted by Crippen LogP contribution is -2.50. The quantitative estimate of drug-likeness (QED) is 0.684. The van der Waals surface area contributed by atoms with Gasteiger partial charge in [-0.1, -0.05) is 11.6 Å². The Kier molecular flexibility index (Phi) is 6.07. The molecule has 2 aromatic rings. The lowest BCUT2D eigenvalue weighted by atomic mass is 10.2. The van der Waals surface area contributed by atoms with Gasteiger partial charge in [0.15, 0.2) is 0 Å². The van der Waals surface area contributed by atoms with Crippen LogP contribution in [0.2, 0.25) is 5.15 Å². The molecule has 8 nitrogen and oxygen atoms in total. The number of nitrogens with zero attached hydrogens (tertiary/aromatic N) is 5. The van der Waals surface area contributed by atoms with Crippen molar-refractivity contribution in [2.75, 3.05) is 26.2 Å². The molecule has 0 atom stereocenters. The van der Waals surface area contributed by atoms with Crippen molar-refractivity contribution in [1.82, 2.24) is 19.0 Å². The Bertz CT molecular complexity index is 1090. The van der Waals surface area contributed by atoms with Gasteiger partial charge in [-0.2, -0.15) is 14.7 Å². The number of hydrogen-bond acceptors (Lipinski definition) is 5. The van der Waals surface area contributed by atoms with Gasteiger partial charge in [0.05, 0.1) is 22.2 Å². The standard InChI is InChI=1S/C19H20ClN5O3S/c1-14-17(19(20)23(2)22-14)7-8-18(26)24-9-11-25(12-10-24)29(27,28)16-5-3-15(13-21)4-6-16/h3-8H,9-12H2,1-2H3/b8-7+. The first-order valence-electron chi connectivity index (χ1n) is 8.90. The van der Waals surface area contributed by atoms with Crippen molar-refractivity contribution < 1.29 is 13.2 Å². The summed E-state index contributed by atoms with van der Waals surface area (Å²) >= 11 is 6.16. The molecule has 3 rings (SSSR count). The second-order valence-corrected chi connectivity index (χ2v) is 8.91. The number of amides is 1. The Morgan fingerprint density at radius 2 is 1.83 bits per heavy atom. The maximum absolute atomic E-state index is 12.8. The van der Waals surface area contributed by atoms with E-state index in [0.717, 1.165) is 5.69 Å². The van der Waals surface area contributed by atoms with Crippen LogP contribution in [0.4, 0.5) is 0 Å². The summed E-state index contributed by atoms with van der Waals surface area (Å²) in [6, 6.07) is 7.76. The van der Waals surface area contributed by atoms with Crippen LogP contribution in [0.5, 0.6) is 0 Å². The summed E-state index contributed by atoms with van der Waals surface area (Å²) in [6.45, 7) is 2.79. The number of carbonyl (C=O) groups excluding carboxylic acids is 1. The van der Waals surface area contributed by atoms with E-state index in [2.05, 4.69) is 5.10 Å². The molecule has 0 saturated carbocycles. The number of aryl methyl sites for hydroxylation is 2. The van der Waals surface area contributed by atoms with E-state index >= 15 is 0 Å². The normalized spacial score (nSPS) is 15.6. The number of rotatable bonds is 4. The zero-order valence-electron chi connectivity index (χ0n) is 16.0. The van der Waals surface area contributed by atoms with Gasteiger partial charge in [0.25, 0.3) is 0 Å². The van der Waals surface area contributed by atoms with Crippen LogP contribution in [-0.4, -0.2) is 59.5 Å². The van der Waals surface area contributed by atoms with E-state index in [9.17, 15) is 13.2 Å². The van der Waals surface area contributed by atoms with Crippen LogP contribution in [0.15, 0.2) is 35.2 Å². The Hall–Kier alpha value is -2.67. The molecule has 0 aliphatic carbocycles. The molecule has 152 valence electrons. The van der Waals surface area contributed by atoms with E-state index in [1.54, 1.807) is 18.0 Å². The van der Waals surface area contributed by atoms with Crippen LogP contribution in [0.25, 0.3) is 6.08 Å². The van der Waals surface area contributed by atoms with Crippen LogP contribution in [0, 0.1) is 18.3 Å². The van der Waals surface area contributed by atoms with Gasteiger partial charge in [-0.15, -0.1) is 0 Å². The number of hydrogen-bond donors (Lipinski definition) is 0. The van der Waals surface area contributed by atoms with E-state index in [4.69, 9.17) is 16.9 Å². The first kappa shape index (κ1) is 21.0. The molecule has 1 fully saturated rings. The Morgan fingerprint density at radius 1 is 1.21 bits per heavy atom. The Balaban J connectivity index is 1.64. The second-order valence-electron chi connectivity index (χ2n) is 6.61. The monoisotopic (exact) mass is 433 g/mol. The van der Waals surface area contributed by atoms with Crippen LogP contribution in [-0.2, 0) is 21.9 Å². The average molecular weight is 434 g/mol. The minimum Gasteiger partial charge on any atom is -0.337 e. The topological polar surface area (TPSA) is 99.3 Å². The van der Waals surface area contributed by atoms with Crippen molar-refractivity contribution in [2.24, 2.45) is 7.05 Å². The third kappa shape index (κ3) is 4.34. The molecule has 0 radical (unpaired) electrons. The summed E-state index contributed by atoms with van der Waals surface area (Å²) in [7, 11) is -1.94.